The van der Waals surface area contributed by atoms with Crippen molar-refractivity contribution >= 4 is 22.2 Å². The van der Waals surface area contributed by atoms with Crippen molar-refractivity contribution in [3.8, 4) is 0 Å². The summed E-state index contributed by atoms with van der Waals surface area (Å²) < 4.78 is 0. The Morgan fingerprint density at radius 3 is 2.87 bits per heavy atom. The molecule has 0 fully saturated rings. The summed E-state index contributed by atoms with van der Waals surface area (Å²) in [7, 11) is 0. The van der Waals surface area contributed by atoms with Crippen molar-refractivity contribution in [2.45, 2.75) is 45.7 Å². The molecule has 1 aliphatic heterocycles. The number of fused-ring (bicyclic) bond motifs is 3. The lowest BCUT2D eigenvalue weighted by Gasteiger charge is -2.28. The zero-order valence-corrected chi connectivity index (χ0v) is 14.4. The summed E-state index contributed by atoms with van der Waals surface area (Å²) in [6.07, 6.45) is 4.49. The monoisotopic (exact) mass is 326 g/mol. The van der Waals surface area contributed by atoms with Gasteiger partial charge in [0.25, 0.3) is 5.91 Å². The molecule has 2 atom stereocenters. The van der Waals surface area contributed by atoms with Gasteiger partial charge in [-0.2, -0.15) is 0 Å². The summed E-state index contributed by atoms with van der Waals surface area (Å²) in [6, 6.07) is 8.23. The van der Waals surface area contributed by atoms with Crippen LogP contribution in [0.15, 0.2) is 24.3 Å². The van der Waals surface area contributed by atoms with Crippen molar-refractivity contribution in [2.75, 3.05) is 5.32 Å². The SMILES string of the molecule is CCC1CCc2c(sc3c2C(=O)NC(c2ccccc2C)N3)C1. The standard InChI is InChI=1S/C19H22N2OS/c1-3-12-8-9-14-15(10-12)23-19-16(14)18(22)20-17(21-19)13-7-5-4-6-11(13)2/h4-7,12,17,21H,3,8-10H2,1-2H3,(H,20,22). The molecule has 1 aliphatic carbocycles. The molecule has 4 rings (SSSR count). The van der Waals surface area contributed by atoms with Gasteiger partial charge in [0, 0.05) is 4.88 Å². The zero-order valence-electron chi connectivity index (χ0n) is 13.6. The molecule has 23 heavy (non-hydrogen) atoms. The lowest BCUT2D eigenvalue weighted by molar-refractivity contribution is 0.0935. The van der Waals surface area contributed by atoms with Crippen LogP contribution < -0.4 is 10.6 Å². The molecule has 0 spiro atoms. The van der Waals surface area contributed by atoms with Crippen LogP contribution >= 0.6 is 11.3 Å². The van der Waals surface area contributed by atoms with Crippen molar-refractivity contribution < 1.29 is 4.79 Å². The number of anilines is 1. The summed E-state index contributed by atoms with van der Waals surface area (Å²) in [5.74, 6) is 0.859. The van der Waals surface area contributed by atoms with Gasteiger partial charge >= 0.3 is 0 Å². The Morgan fingerprint density at radius 1 is 1.26 bits per heavy atom. The van der Waals surface area contributed by atoms with E-state index in [1.165, 1.54) is 28.8 Å². The number of carbonyl (C=O) groups is 1. The first-order valence-corrected chi connectivity index (χ1v) is 9.26. The molecule has 1 aromatic heterocycles. The van der Waals surface area contributed by atoms with Gasteiger partial charge in [0.05, 0.1) is 5.56 Å². The van der Waals surface area contributed by atoms with Crippen LogP contribution in [-0.2, 0) is 12.8 Å². The molecular weight excluding hydrogens is 304 g/mol. The van der Waals surface area contributed by atoms with Crippen LogP contribution in [-0.4, -0.2) is 5.91 Å². The van der Waals surface area contributed by atoms with Gasteiger partial charge in [-0.05, 0) is 48.8 Å². The molecule has 0 radical (unpaired) electrons. The van der Waals surface area contributed by atoms with E-state index in [2.05, 4.69) is 36.6 Å². The van der Waals surface area contributed by atoms with Gasteiger partial charge in [-0.25, -0.2) is 0 Å². The average Bonchev–Trinajstić information content (AvgIpc) is 2.92. The lowest BCUT2D eigenvalue weighted by atomic mass is 9.85. The van der Waals surface area contributed by atoms with Crippen molar-refractivity contribution in [3.05, 3.63) is 51.4 Å². The largest absolute Gasteiger partial charge is 0.353 e. The van der Waals surface area contributed by atoms with Crippen molar-refractivity contribution in [1.29, 1.82) is 0 Å². The molecule has 2 N–H and O–H groups in total. The minimum Gasteiger partial charge on any atom is -0.353 e. The lowest BCUT2D eigenvalue weighted by Crippen LogP contribution is -2.38. The maximum absolute atomic E-state index is 12.7. The second-order valence-corrected chi connectivity index (χ2v) is 7.74. The number of carbonyl (C=O) groups excluding carboxylic acids is 1. The number of benzene rings is 1. The molecule has 2 unspecified atom stereocenters. The molecule has 1 aromatic carbocycles. The zero-order chi connectivity index (χ0) is 16.0. The number of rotatable bonds is 2. The molecular formula is C19H22N2OS. The third-order valence-corrected chi connectivity index (χ3v) is 6.41. The Morgan fingerprint density at radius 2 is 2.09 bits per heavy atom. The first-order chi connectivity index (χ1) is 11.2. The smallest absolute Gasteiger partial charge is 0.256 e. The predicted octanol–water partition coefficient (Wildman–Crippen LogP) is 4.43. The second-order valence-electron chi connectivity index (χ2n) is 6.63. The van der Waals surface area contributed by atoms with Crippen LogP contribution in [0, 0.1) is 12.8 Å². The van der Waals surface area contributed by atoms with Gasteiger partial charge in [-0.1, -0.05) is 37.6 Å². The van der Waals surface area contributed by atoms with Gasteiger partial charge in [0.2, 0.25) is 0 Å². The molecule has 0 saturated carbocycles. The van der Waals surface area contributed by atoms with E-state index in [-0.39, 0.29) is 12.1 Å². The normalized spacial score (nSPS) is 22.8. The Labute approximate surface area is 141 Å². The van der Waals surface area contributed by atoms with Gasteiger partial charge in [0.1, 0.15) is 11.2 Å². The molecule has 2 aliphatic rings. The van der Waals surface area contributed by atoms with Gasteiger partial charge in [0.15, 0.2) is 0 Å². The molecule has 0 bridgehead atoms. The van der Waals surface area contributed by atoms with E-state index in [1.807, 2.05) is 12.1 Å². The Bertz CT molecular complexity index is 765. The van der Waals surface area contributed by atoms with Crippen molar-refractivity contribution in [2.24, 2.45) is 5.92 Å². The summed E-state index contributed by atoms with van der Waals surface area (Å²) in [6.45, 7) is 4.35. The van der Waals surface area contributed by atoms with E-state index < -0.39 is 0 Å². The highest BCUT2D eigenvalue weighted by Crippen LogP contribution is 2.43. The van der Waals surface area contributed by atoms with E-state index in [9.17, 15) is 4.79 Å². The average molecular weight is 326 g/mol. The Kier molecular flexibility index (Phi) is 3.64. The summed E-state index contributed by atoms with van der Waals surface area (Å²) in [4.78, 5) is 14.1. The number of nitrogens with one attached hydrogen (secondary N) is 2. The summed E-state index contributed by atoms with van der Waals surface area (Å²) in [5, 5.41) is 7.77. The highest BCUT2D eigenvalue weighted by molar-refractivity contribution is 7.16. The number of amides is 1. The quantitative estimate of drug-likeness (QED) is 0.857. The third kappa shape index (κ3) is 2.45. The van der Waals surface area contributed by atoms with Crippen molar-refractivity contribution in [1.82, 2.24) is 5.32 Å². The molecule has 1 amide bonds. The predicted molar refractivity (Wildman–Crippen MR) is 95.1 cm³/mol. The minimum atomic E-state index is -0.127. The second kappa shape index (κ2) is 5.68. The number of aryl methyl sites for hydroxylation is 1. The van der Waals surface area contributed by atoms with Crippen LogP contribution in [0.2, 0.25) is 0 Å². The highest BCUT2D eigenvalue weighted by atomic mass is 32.1. The van der Waals surface area contributed by atoms with Crippen LogP contribution in [0.25, 0.3) is 0 Å². The van der Waals surface area contributed by atoms with E-state index in [4.69, 9.17) is 0 Å². The van der Waals surface area contributed by atoms with Gasteiger partial charge in [-0.3, -0.25) is 4.79 Å². The minimum absolute atomic E-state index is 0.0828. The van der Waals surface area contributed by atoms with Crippen LogP contribution in [0.4, 0.5) is 5.00 Å². The number of thiophene rings is 1. The molecule has 3 nitrogen and oxygen atoms in total. The first kappa shape index (κ1) is 14.8. The van der Waals surface area contributed by atoms with Crippen molar-refractivity contribution in [3.63, 3.8) is 0 Å². The fraction of sp³-hybridized carbons (Fsp3) is 0.421. The van der Waals surface area contributed by atoms with E-state index in [0.29, 0.717) is 0 Å². The van der Waals surface area contributed by atoms with E-state index >= 15 is 0 Å². The topological polar surface area (TPSA) is 41.1 Å². The summed E-state index contributed by atoms with van der Waals surface area (Å²) >= 11 is 1.79. The first-order valence-electron chi connectivity index (χ1n) is 8.44. The molecule has 0 saturated heterocycles. The van der Waals surface area contributed by atoms with Gasteiger partial charge < -0.3 is 10.6 Å². The van der Waals surface area contributed by atoms with Crippen LogP contribution in [0.1, 0.15) is 57.9 Å². The molecule has 120 valence electrons. The Hall–Kier alpha value is -1.81. The van der Waals surface area contributed by atoms with Crippen LogP contribution in [0.5, 0.6) is 0 Å². The van der Waals surface area contributed by atoms with E-state index in [0.717, 1.165) is 34.9 Å². The highest BCUT2D eigenvalue weighted by Gasteiger charge is 2.33. The van der Waals surface area contributed by atoms with Crippen LogP contribution in [0.3, 0.4) is 0 Å². The van der Waals surface area contributed by atoms with E-state index in [1.54, 1.807) is 11.3 Å². The Balaban J connectivity index is 1.69. The van der Waals surface area contributed by atoms with Gasteiger partial charge in [-0.15, -0.1) is 11.3 Å². The number of hydrogen-bond acceptors (Lipinski definition) is 3. The molecule has 2 aromatic rings. The third-order valence-electron chi connectivity index (χ3n) is 5.22. The summed E-state index contributed by atoms with van der Waals surface area (Å²) in [5.41, 5.74) is 4.54. The molecule has 4 heteroatoms. The maximum Gasteiger partial charge on any atom is 0.256 e. The maximum atomic E-state index is 12.7. The number of hydrogen-bond donors (Lipinski definition) is 2. The fourth-order valence-corrected chi connectivity index (χ4v) is 5.17. The fourth-order valence-electron chi connectivity index (χ4n) is 3.78. The molecule has 2 heterocycles.